The van der Waals surface area contributed by atoms with Crippen molar-refractivity contribution in [3.63, 3.8) is 0 Å². The van der Waals surface area contributed by atoms with Crippen LogP contribution in [0.4, 0.5) is 0 Å². The van der Waals surface area contributed by atoms with E-state index in [0.717, 1.165) is 30.9 Å². The highest BCUT2D eigenvalue weighted by atomic mass is 16.7. The highest BCUT2D eigenvalue weighted by Gasteiger charge is 2.26. The molecule has 3 unspecified atom stereocenters. The van der Waals surface area contributed by atoms with E-state index in [0.29, 0.717) is 30.9 Å². The molecule has 116 valence electrons. The van der Waals surface area contributed by atoms with Gasteiger partial charge in [0, 0.05) is 18.7 Å². The van der Waals surface area contributed by atoms with Gasteiger partial charge in [0.2, 0.25) is 6.79 Å². The molecule has 1 aromatic rings. The molecule has 1 aromatic carbocycles. The molecule has 2 aliphatic heterocycles. The van der Waals surface area contributed by atoms with Crippen LogP contribution >= 0.6 is 0 Å². The maximum atomic E-state index is 5.84. The Kier molecular flexibility index (Phi) is 4.36. The van der Waals surface area contributed by atoms with Crippen LogP contribution in [0.2, 0.25) is 0 Å². The Morgan fingerprint density at radius 2 is 1.95 bits per heavy atom. The Morgan fingerprint density at radius 1 is 1.14 bits per heavy atom. The number of hydrogen-bond donors (Lipinski definition) is 1. The molecule has 0 bridgehead atoms. The molecule has 1 N–H and O–H groups in total. The summed E-state index contributed by atoms with van der Waals surface area (Å²) >= 11 is 0. The van der Waals surface area contributed by atoms with Crippen LogP contribution < -0.4 is 14.8 Å². The highest BCUT2D eigenvalue weighted by Crippen LogP contribution is 2.34. The summed E-state index contributed by atoms with van der Waals surface area (Å²) in [6, 6.07) is 7.02. The molecule has 1 saturated heterocycles. The lowest BCUT2D eigenvalue weighted by Gasteiger charge is -2.34. The molecule has 0 spiro atoms. The smallest absolute Gasteiger partial charge is 0.231 e. The molecule has 3 rings (SSSR count). The van der Waals surface area contributed by atoms with E-state index in [4.69, 9.17) is 14.2 Å². The molecule has 0 aromatic heterocycles. The van der Waals surface area contributed by atoms with E-state index in [2.05, 4.69) is 38.2 Å². The molecule has 2 heterocycles. The van der Waals surface area contributed by atoms with E-state index in [1.807, 2.05) is 6.07 Å². The fraction of sp³-hybridized carbons (Fsp3) is 0.647. The Morgan fingerprint density at radius 3 is 2.76 bits per heavy atom. The van der Waals surface area contributed by atoms with E-state index in [1.54, 1.807) is 0 Å². The van der Waals surface area contributed by atoms with E-state index >= 15 is 0 Å². The average Bonchev–Trinajstić information content (AvgIpc) is 2.94. The van der Waals surface area contributed by atoms with Crippen molar-refractivity contribution in [2.75, 3.05) is 13.4 Å². The maximum absolute atomic E-state index is 5.84. The fourth-order valence-corrected chi connectivity index (χ4v) is 3.08. The summed E-state index contributed by atoms with van der Waals surface area (Å²) in [6.07, 6.45) is 2.55. The van der Waals surface area contributed by atoms with Crippen molar-refractivity contribution in [1.82, 2.24) is 5.32 Å². The quantitative estimate of drug-likeness (QED) is 0.924. The molecule has 0 radical (unpaired) electrons. The van der Waals surface area contributed by atoms with Crippen molar-refractivity contribution < 1.29 is 14.2 Å². The number of rotatable bonds is 4. The second-order valence-corrected chi connectivity index (χ2v) is 6.38. The van der Waals surface area contributed by atoms with Gasteiger partial charge in [-0.15, -0.1) is 0 Å². The van der Waals surface area contributed by atoms with Crippen LogP contribution in [0.1, 0.15) is 45.2 Å². The topological polar surface area (TPSA) is 39.7 Å². The minimum atomic E-state index is 0.301. The molecule has 4 heteroatoms. The van der Waals surface area contributed by atoms with Crippen LogP contribution in [0.15, 0.2) is 18.2 Å². The lowest BCUT2D eigenvalue weighted by Crippen LogP contribution is -2.41. The van der Waals surface area contributed by atoms with Crippen molar-refractivity contribution in [2.45, 2.75) is 51.8 Å². The molecule has 1 fully saturated rings. The van der Waals surface area contributed by atoms with E-state index in [1.165, 1.54) is 5.56 Å². The summed E-state index contributed by atoms with van der Waals surface area (Å²) in [6.45, 7) is 7.85. The summed E-state index contributed by atoms with van der Waals surface area (Å²) in [5.41, 5.74) is 1.24. The first-order chi connectivity index (χ1) is 10.1. The van der Waals surface area contributed by atoms with Crippen LogP contribution in [0.5, 0.6) is 11.5 Å². The van der Waals surface area contributed by atoms with Gasteiger partial charge in [-0.2, -0.15) is 0 Å². The van der Waals surface area contributed by atoms with Crippen LogP contribution in [0, 0.1) is 5.92 Å². The zero-order valence-electron chi connectivity index (χ0n) is 13.1. The van der Waals surface area contributed by atoms with Gasteiger partial charge in [0.15, 0.2) is 11.5 Å². The SMILES string of the molecule is CC(NC1CCOC(C(C)C)C1)c1ccc2c(c1)OCO2. The third-order valence-electron chi connectivity index (χ3n) is 4.44. The van der Waals surface area contributed by atoms with Crippen molar-refractivity contribution in [3.8, 4) is 11.5 Å². The molecule has 0 amide bonds. The molecule has 2 aliphatic rings. The largest absolute Gasteiger partial charge is 0.454 e. The Hall–Kier alpha value is -1.26. The van der Waals surface area contributed by atoms with Gasteiger partial charge in [0.05, 0.1) is 6.10 Å². The van der Waals surface area contributed by atoms with Crippen LogP contribution in [0.25, 0.3) is 0 Å². The zero-order chi connectivity index (χ0) is 14.8. The van der Waals surface area contributed by atoms with Crippen LogP contribution in [-0.4, -0.2) is 25.5 Å². The van der Waals surface area contributed by atoms with E-state index in [9.17, 15) is 0 Å². The van der Waals surface area contributed by atoms with Crippen LogP contribution in [-0.2, 0) is 4.74 Å². The second kappa shape index (κ2) is 6.24. The fourth-order valence-electron chi connectivity index (χ4n) is 3.08. The Labute approximate surface area is 126 Å². The van der Waals surface area contributed by atoms with Crippen LogP contribution in [0.3, 0.4) is 0 Å². The monoisotopic (exact) mass is 291 g/mol. The standard InChI is InChI=1S/C17H25NO3/c1-11(2)16-9-14(6-7-19-16)18-12(3)13-4-5-15-17(8-13)21-10-20-15/h4-5,8,11-12,14,16,18H,6-7,9-10H2,1-3H3. The zero-order valence-corrected chi connectivity index (χ0v) is 13.1. The van der Waals surface area contributed by atoms with Gasteiger partial charge in [-0.1, -0.05) is 19.9 Å². The predicted molar refractivity (Wildman–Crippen MR) is 81.7 cm³/mol. The van der Waals surface area contributed by atoms with Gasteiger partial charge in [0.1, 0.15) is 0 Å². The van der Waals surface area contributed by atoms with Crippen molar-refractivity contribution in [3.05, 3.63) is 23.8 Å². The predicted octanol–water partition coefficient (Wildman–Crippen LogP) is 3.27. The Bertz CT molecular complexity index is 489. The highest BCUT2D eigenvalue weighted by molar-refractivity contribution is 5.45. The van der Waals surface area contributed by atoms with Gasteiger partial charge in [0.25, 0.3) is 0 Å². The third-order valence-corrected chi connectivity index (χ3v) is 4.44. The average molecular weight is 291 g/mol. The van der Waals surface area contributed by atoms with Crippen molar-refractivity contribution in [2.24, 2.45) is 5.92 Å². The minimum absolute atomic E-state index is 0.301. The van der Waals surface area contributed by atoms with Gasteiger partial charge in [-0.25, -0.2) is 0 Å². The second-order valence-electron chi connectivity index (χ2n) is 6.38. The molecule has 4 nitrogen and oxygen atoms in total. The summed E-state index contributed by atoms with van der Waals surface area (Å²) in [4.78, 5) is 0. The molecule has 3 atom stereocenters. The van der Waals surface area contributed by atoms with Gasteiger partial charge in [-0.05, 0) is 43.4 Å². The van der Waals surface area contributed by atoms with E-state index in [-0.39, 0.29) is 0 Å². The molecule has 0 saturated carbocycles. The molecular formula is C17H25NO3. The number of fused-ring (bicyclic) bond motifs is 1. The van der Waals surface area contributed by atoms with E-state index < -0.39 is 0 Å². The van der Waals surface area contributed by atoms with Gasteiger partial charge >= 0.3 is 0 Å². The summed E-state index contributed by atoms with van der Waals surface area (Å²) in [5.74, 6) is 2.28. The summed E-state index contributed by atoms with van der Waals surface area (Å²) in [7, 11) is 0. The lowest BCUT2D eigenvalue weighted by atomic mass is 9.94. The number of hydrogen-bond acceptors (Lipinski definition) is 4. The van der Waals surface area contributed by atoms with Gasteiger partial charge < -0.3 is 19.5 Å². The first-order valence-electron chi connectivity index (χ1n) is 7.90. The number of nitrogens with one attached hydrogen (secondary N) is 1. The lowest BCUT2D eigenvalue weighted by molar-refractivity contribution is -0.0257. The first kappa shape index (κ1) is 14.7. The molecular weight excluding hydrogens is 266 g/mol. The number of benzene rings is 1. The maximum Gasteiger partial charge on any atom is 0.231 e. The summed E-state index contributed by atoms with van der Waals surface area (Å²) in [5, 5.41) is 3.73. The summed E-state index contributed by atoms with van der Waals surface area (Å²) < 4.78 is 16.7. The van der Waals surface area contributed by atoms with Gasteiger partial charge in [-0.3, -0.25) is 0 Å². The third kappa shape index (κ3) is 3.33. The molecule has 0 aliphatic carbocycles. The van der Waals surface area contributed by atoms with Crippen molar-refractivity contribution >= 4 is 0 Å². The molecule has 21 heavy (non-hydrogen) atoms. The first-order valence-corrected chi connectivity index (χ1v) is 7.90. The number of ether oxygens (including phenoxy) is 3. The van der Waals surface area contributed by atoms with Crippen molar-refractivity contribution in [1.29, 1.82) is 0 Å². The minimum Gasteiger partial charge on any atom is -0.454 e. The normalized spacial score (nSPS) is 26.1. The Balaban J connectivity index is 1.62.